The number of imide groups is 1. The zero-order chi connectivity index (χ0) is 35.7. The molecule has 5 rings (SSSR count). The third kappa shape index (κ3) is 6.67. The predicted molar refractivity (Wildman–Crippen MR) is 170 cm³/mol. The highest BCUT2D eigenvalue weighted by molar-refractivity contribution is 6.09. The number of nitrogens with zero attached hydrogens (tertiary/aromatic N) is 2. The average molecular weight is 615 g/mol. The van der Waals surface area contributed by atoms with Gasteiger partial charge in [-0.05, 0) is 81.5 Å². The molecule has 2 heterocycles. The molecule has 0 atom stereocenters. The lowest BCUT2D eigenvalue weighted by Crippen LogP contribution is -2.76. The van der Waals surface area contributed by atoms with Gasteiger partial charge in [0.25, 0.3) is 17.7 Å². The Labute approximate surface area is 268 Å². The van der Waals surface area contributed by atoms with Crippen LogP contribution >= 0.6 is 0 Å². The number of aryl methyl sites for hydroxylation is 3. The molecule has 9 heteroatoms. The van der Waals surface area contributed by atoms with Gasteiger partial charge in [-0.3, -0.25) is 14.4 Å². The maximum atomic E-state index is 14.2. The standard InChI is InChI=1S/C36H39N3O6/c1-6-37-29-21-31-28(19-24(29)4)35(27-18-22(2)23(3)20-30(27)44-31)25-12-9-10-13-26(25)36(43)38(5)17-11-7-8-14-34(42)45-39-32(40)15-16-33(39)41/h9-10,12-13,18-21H,6-8,11,14-17H2,1-5H3/p+1/i9D,10D,12D,13D. The van der Waals surface area contributed by atoms with E-state index in [0.717, 1.165) is 22.0 Å². The number of fused-ring (bicyclic) bond motifs is 2. The van der Waals surface area contributed by atoms with Crippen molar-refractivity contribution < 1.29 is 38.9 Å². The molecule has 234 valence electrons. The van der Waals surface area contributed by atoms with Crippen molar-refractivity contribution in [2.75, 3.05) is 20.1 Å². The number of rotatable bonds is 10. The highest BCUT2D eigenvalue weighted by Gasteiger charge is 2.32. The predicted octanol–water partition coefficient (Wildman–Crippen LogP) is 4.37. The zero-order valence-corrected chi connectivity index (χ0v) is 26.3. The second-order valence-electron chi connectivity index (χ2n) is 11.4. The van der Waals surface area contributed by atoms with Crippen LogP contribution in [0.4, 0.5) is 0 Å². The lowest BCUT2D eigenvalue weighted by molar-refractivity contribution is -0.496. The summed E-state index contributed by atoms with van der Waals surface area (Å²) in [4.78, 5) is 59.4. The molecule has 0 radical (unpaired) electrons. The van der Waals surface area contributed by atoms with Crippen molar-refractivity contribution in [3.63, 3.8) is 0 Å². The molecule has 9 nitrogen and oxygen atoms in total. The summed E-state index contributed by atoms with van der Waals surface area (Å²) in [5.74, 6) is -1.84. The van der Waals surface area contributed by atoms with E-state index in [-0.39, 0.29) is 43.0 Å². The van der Waals surface area contributed by atoms with Gasteiger partial charge in [-0.15, -0.1) is 5.06 Å². The molecule has 1 saturated heterocycles. The molecule has 1 N–H and O–H groups in total. The fraction of sp³-hybridized carbons (Fsp3) is 0.361. The fourth-order valence-corrected chi connectivity index (χ4v) is 5.50. The van der Waals surface area contributed by atoms with Gasteiger partial charge in [0.05, 0.1) is 11.5 Å². The van der Waals surface area contributed by atoms with Crippen LogP contribution in [-0.4, -0.2) is 53.8 Å². The molecule has 0 spiro atoms. The third-order valence-electron chi connectivity index (χ3n) is 8.12. The van der Waals surface area contributed by atoms with E-state index < -0.39 is 41.8 Å². The van der Waals surface area contributed by atoms with Gasteiger partial charge in [0, 0.05) is 60.5 Å². The van der Waals surface area contributed by atoms with Gasteiger partial charge in [-0.2, -0.15) is 0 Å². The van der Waals surface area contributed by atoms with Crippen LogP contribution in [0, 0.1) is 20.8 Å². The van der Waals surface area contributed by atoms with E-state index in [1.807, 2.05) is 52.0 Å². The number of amides is 3. The van der Waals surface area contributed by atoms with Crippen LogP contribution in [0.15, 0.2) is 52.9 Å². The van der Waals surface area contributed by atoms with Crippen LogP contribution < -0.4 is 10.3 Å². The van der Waals surface area contributed by atoms with Crippen LogP contribution in [-0.2, 0) is 19.2 Å². The van der Waals surface area contributed by atoms with E-state index in [2.05, 4.69) is 4.99 Å². The number of carbonyl (C=O) groups excluding carboxylic acids is 4. The minimum atomic E-state index is -0.690. The largest absolute Gasteiger partial charge is 0.456 e. The molecule has 3 amide bonds. The quantitative estimate of drug-likeness (QED) is 0.161. The molecular formula is C36H40N3O6+. The van der Waals surface area contributed by atoms with Crippen LogP contribution in [0.1, 0.15) is 78.0 Å². The number of hydroxylamine groups is 2. The summed E-state index contributed by atoms with van der Waals surface area (Å²) < 4.78 is 41.5. The second kappa shape index (κ2) is 13.5. The Morgan fingerprint density at radius 3 is 2.40 bits per heavy atom. The van der Waals surface area contributed by atoms with Crippen LogP contribution in [0.5, 0.6) is 0 Å². The SMILES string of the molecule is [2H]c1c([2H])c([2H])c(-c2c3cc(C)c(=[NH+]CC)cc-3oc3cc(C)c(C)cc23)c(C(=O)N(C)CCCCCC(=O)ON2C(=O)CCC2=O)c1[2H]. The monoisotopic (exact) mass is 614 g/mol. The van der Waals surface area contributed by atoms with Gasteiger partial charge < -0.3 is 14.2 Å². The number of hydrogen-bond donors (Lipinski definition) is 1. The van der Waals surface area contributed by atoms with Crippen molar-refractivity contribution in [2.45, 2.75) is 66.2 Å². The Bertz CT molecular complexity index is 2040. The van der Waals surface area contributed by atoms with Crippen molar-refractivity contribution >= 4 is 34.7 Å². The molecule has 0 saturated carbocycles. The molecule has 3 aliphatic rings. The van der Waals surface area contributed by atoms with Gasteiger partial charge in [-0.25, -0.2) is 9.79 Å². The van der Waals surface area contributed by atoms with Gasteiger partial charge in [0.1, 0.15) is 17.9 Å². The maximum absolute atomic E-state index is 14.2. The fourth-order valence-electron chi connectivity index (χ4n) is 5.50. The van der Waals surface area contributed by atoms with Crippen LogP contribution in [0.2, 0.25) is 0 Å². The smallest absolute Gasteiger partial charge is 0.333 e. The molecular weight excluding hydrogens is 570 g/mol. The highest BCUT2D eigenvalue weighted by Crippen LogP contribution is 2.42. The molecule has 2 aromatic carbocycles. The second-order valence-corrected chi connectivity index (χ2v) is 11.4. The van der Waals surface area contributed by atoms with E-state index >= 15 is 0 Å². The minimum Gasteiger partial charge on any atom is -0.456 e. The van der Waals surface area contributed by atoms with Gasteiger partial charge in [0.2, 0.25) is 5.36 Å². The Kier molecular flexibility index (Phi) is 7.96. The first-order valence-corrected chi connectivity index (χ1v) is 15.2. The van der Waals surface area contributed by atoms with Crippen LogP contribution in [0.3, 0.4) is 0 Å². The molecule has 45 heavy (non-hydrogen) atoms. The number of hydrogen-bond acceptors (Lipinski definition) is 6. The number of nitrogens with one attached hydrogen (secondary N) is 1. The van der Waals surface area contributed by atoms with Crippen LogP contribution in [0.25, 0.3) is 33.4 Å². The average Bonchev–Trinajstić information content (AvgIpc) is 3.37. The maximum Gasteiger partial charge on any atom is 0.333 e. The van der Waals surface area contributed by atoms with E-state index in [1.54, 1.807) is 7.05 Å². The molecule has 0 unspecified atom stereocenters. The normalized spacial score (nSPS) is 15.0. The summed E-state index contributed by atoms with van der Waals surface area (Å²) in [6.07, 6.45) is 1.42. The number of benzene rings is 3. The van der Waals surface area contributed by atoms with Gasteiger partial charge >= 0.3 is 5.97 Å². The van der Waals surface area contributed by atoms with Crippen molar-refractivity contribution in [3.05, 3.63) is 76.0 Å². The summed E-state index contributed by atoms with van der Waals surface area (Å²) in [6.45, 7) is 8.78. The van der Waals surface area contributed by atoms with Gasteiger partial charge in [-0.1, -0.05) is 24.5 Å². The Balaban J connectivity index is 1.50. The van der Waals surface area contributed by atoms with Gasteiger partial charge in [0.15, 0.2) is 0 Å². The molecule has 2 aliphatic heterocycles. The van der Waals surface area contributed by atoms with E-state index in [1.165, 1.54) is 4.90 Å². The number of carbonyl (C=O) groups is 4. The first-order chi connectivity index (χ1) is 23.2. The lowest BCUT2D eigenvalue weighted by Gasteiger charge is -2.22. The van der Waals surface area contributed by atoms with Crippen molar-refractivity contribution in [3.8, 4) is 22.5 Å². The third-order valence-corrected chi connectivity index (χ3v) is 8.12. The lowest BCUT2D eigenvalue weighted by atomic mass is 9.88. The first-order valence-electron chi connectivity index (χ1n) is 17.2. The summed E-state index contributed by atoms with van der Waals surface area (Å²) in [5.41, 5.74) is 4.42. The number of unbranched alkanes of at least 4 members (excludes halogenated alkanes) is 2. The Morgan fingerprint density at radius 2 is 1.67 bits per heavy atom. The molecule has 0 aromatic heterocycles. The van der Waals surface area contributed by atoms with E-state index in [0.29, 0.717) is 58.7 Å². The molecule has 2 aromatic rings. The molecule has 1 fully saturated rings. The summed E-state index contributed by atoms with van der Waals surface area (Å²) in [7, 11) is 1.57. The summed E-state index contributed by atoms with van der Waals surface area (Å²) in [5, 5.41) is 2.01. The Hall–Kier alpha value is -4.79. The first kappa shape index (κ1) is 26.6. The zero-order valence-electron chi connectivity index (χ0n) is 30.3. The van der Waals surface area contributed by atoms with Crippen molar-refractivity contribution in [2.24, 2.45) is 0 Å². The summed E-state index contributed by atoms with van der Waals surface area (Å²) in [6, 6.07) is 5.90. The topological polar surface area (TPSA) is 111 Å². The van der Waals surface area contributed by atoms with E-state index in [9.17, 15) is 19.2 Å². The Morgan fingerprint density at radius 1 is 0.956 bits per heavy atom. The highest BCUT2D eigenvalue weighted by atomic mass is 16.7. The molecule has 1 aliphatic carbocycles. The van der Waals surface area contributed by atoms with Crippen molar-refractivity contribution in [1.82, 2.24) is 9.96 Å². The van der Waals surface area contributed by atoms with E-state index in [4.69, 9.17) is 14.7 Å². The summed E-state index contributed by atoms with van der Waals surface area (Å²) >= 11 is 0. The minimum absolute atomic E-state index is 0.0158. The molecule has 0 bridgehead atoms. The van der Waals surface area contributed by atoms with Crippen molar-refractivity contribution in [1.29, 1.82) is 0 Å².